The third-order valence-corrected chi connectivity index (χ3v) is 23.7. The van der Waals surface area contributed by atoms with Gasteiger partial charge in [0.1, 0.15) is 11.5 Å². The van der Waals surface area contributed by atoms with E-state index in [1.54, 1.807) is 0 Å². The van der Waals surface area contributed by atoms with Crippen LogP contribution in [-0.2, 0) is 21.7 Å². The highest BCUT2D eigenvalue weighted by molar-refractivity contribution is 7.02. The molecule has 6 heterocycles. The van der Waals surface area contributed by atoms with Gasteiger partial charge in [-0.2, -0.15) is 0 Å². The van der Waals surface area contributed by atoms with E-state index >= 15 is 0 Å². The molecule has 8 heteroatoms. The number of hydrogen-bond donors (Lipinski definition) is 0. The molecule has 522 valence electrons. The SMILES string of the molecule is CC(C)(C)c1ccc2c3ccc(C(C)(C)C)cc3n(-c3cc4c5c(c3)N(c3ccccc3)c3cc6c(cc3B5c3ccccc3O4)B3c4ccccc4N(c4ccccc4)c4cc(-n5c7cc(C(C)(C)C)ccc7c7ccc(C(C)(C)C)cc75)cc(c43)N6c3c(-c4ccccc4)cccc3-c3ccccc3)c2c1. The van der Waals surface area contributed by atoms with Crippen molar-refractivity contribution in [3.63, 3.8) is 0 Å². The minimum absolute atomic E-state index is 0.0970. The normalized spacial score (nSPS) is 13.7. The average molecular weight is 1390 g/mol. The molecule has 16 aromatic rings. The second-order valence-corrected chi connectivity index (χ2v) is 34.5. The first-order valence-corrected chi connectivity index (χ1v) is 38.5. The van der Waals surface area contributed by atoms with Crippen molar-refractivity contribution >= 4 is 141 Å². The van der Waals surface area contributed by atoms with Crippen LogP contribution >= 0.6 is 0 Å². The maximum absolute atomic E-state index is 7.54. The topological polar surface area (TPSA) is 28.8 Å². The highest BCUT2D eigenvalue weighted by Crippen LogP contribution is 2.54. The Morgan fingerprint density at radius 3 is 1.08 bits per heavy atom. The molecule has 4 aliphatic heterocycles. The van der Waals surface area contributed by atoms with Crippen molar-refractivity contribution in [1.29, 1.82) is 0 Å². The second kappa shape index (κ2) is 23.8. The number of ether oxygens (including phenoxy) is 1. The van der Waals surface area contributed by atoms with E-state index in [4.69, 9.17) is 4.74 Å². The van der Waals surface area contributed by atoms with Crippen molar-refractivity contribution < 1.29 is 4.74 Å². The summed E-state index contributed by atoms with van der Waals surface area (Å²) in [5.74, 6) is 1.72. The van der Waals surface area contributed by atoms with Crippen molar-refractivity contribution in [3.8, 4) is 45.1 Å². The lowest BCUT2D eigenvalue weighted by Crippen LogP contribution is -2.64. The molecule has 0 spiro atoms. The molecule has 0 bridgehead atoms. The summed E-state index contributed by atoms with van der Waals surface area (Å²) >= 11 is 0. The van der Waals surface area contributed by atoms with E-state index in [0.717, 1.165) is 107 Å². The van der Waals surface area contributed by atoms with Crippen LogP contribution in [0.4, 0.5) is 51.2 Å². The van der Waals surface area contributed by atoms with Gasteiger partial charge < -0.3 is 28.6 Å². The largest absolute Gasteiger partial charge is 0.458 e. The van der Waals surface area contributed by atoms with E-state index in [9.17, 15) is 0 Å². The van der Waals surface area contributed by atoms with Gasteiger partial charge in [0.25, 0.3) is 13.4 Å². The lowest BCUT2D eigenvalue weighted by Gasteiger charge is -2.47. The summed E-state index contributed by atoms with van der Waals surface area (Å²) in [6.07, 6.45) is 0. The van der Waals surface area contributed by atoms with Crippen LogP contribution in [0.3, 0.4) is 0 Å². The highest BCUT2D eigenvalue weighted by Gasteiger charge is 2.49. The molecule has 0 fully saturated rings. The maximum atomic E-state index is 7.54. The molecule has 4 aliphatic rings. The van der Waals surface area contributed by atoms with Gasteiger partial charge in [-0.3, -0.25) is 0 Å². The molecule has 0 unspecified atom stereocenters. The fourth-order valence-electron chi connectivity index (χ4n) is 18.3. The first-order valence-electron chi connectivity index (χ1n) is 38.5. The Bertz CT molecular complexity index is 6200. The lowest BCUT2D eigenvalue weighted by atomic mass is 9.30. The monoisotopic (exact) mass is 1390 g/mol. The Kier molecular flexibility index (Phi) is 14.4. The van der Waals surface area contributed by atoms with E-state index in [1.807, 2.05) is 0 Å². The molecule has 2 aromatic heterocycles. The Morgan fingerprint density at radius 1 is 0.250 bits per heavy atom. The molecular formula is C100H85B2N5O. The number of aromatic nitrogens is 2. The molecule has 108 heavy (non-hydrogen) atoms. The van der Waals surface area contributed by atoms with Crippen LogP contribution in [0.1, 0.15) is 105 Å². The van der Waals surface area contributed by atoms with Gasteiger partial charge in [-0.1, -0.05) is 289 Å². The van der Waals surface area contributed by atoms with Crippen molar-refractivity contribution in [2.75, 3.05) is 14.7 Å². The van der Waals surface area contributed by atoms with E-state index in [2.05, 4.69) is 404 Å². The first kappa shape index (κ1) is 65.5. The smallest absolute Gasteiger partial charge is 0.256 e. The molecule has 0 saturated carbocycles. The van der Waals surface area contributed by atoms with E-state index in [0.29, 0.717) is 0 Å². The van der Waals surface area contributed by atoms with Crippen molar-refractivity contribution in [2.45, 2.75) is 105 Å². The van der Waals surface area contributed by atoms with E-state index in [1.165, 1.54) is 87.7 Å². The van der Waals surface area contributed by atoms with Gasteiger partial charge in [0.05, 0.1) is 39.1 Å². The molecule has 0 atom stereocenters. The van der Waals surface area contributed by atoms with Crippen LogP contribution < -0.4 is 52.2 Å². The predicted molar refractivity (Wildman–Crippen MR) is 461 cm³/mol. The zero-order valence-corrected chi connectivity index (χ0v) is 63.6. The molecule has 20 rings (SSSR count). The number of anilines is 9. The van der Waals surface area contributed by atoms with Gasteiger partial charge >= 0.3 is 0 Å². The van der Waals surface area contributed by atoms with E-state index < -0.39 is 0 Å². The third kappa shape index (κ3) is 10.1. The van der Waals surface area contributed by atoms with Gasteiger partial charge in [-0.25, -0.2) is 0 Å². The zero-order chi connectivity index (χ0) is 73.6. The fourth-order valence-corrected chi connectivity index (χ4v) is 18.3. The first-order chi connectivity index (χ1) is 52.1. The molecule has 0 N–H and O–H groups in total. The van der Waals surface area contributed by atoms with Gasteiger partial charge in [-0.05, 0) is 173 Å². The zero-order valence-electron chi connectivity index (χ0n) is 63.6. The second-order valence-electron chi connectivity index (χ2n) is 34.5. The minimum Gasteiger partial charge on any atom is -0.458 e. The molecule has 0 aliphatic carbocycles. The quantitative estimate of drug-likeness (QED) is 0.149. The Balaban J connectivity index is 0.952. The molecule has 0 saturated heterocycles. The average Bonchev–Trinajstić information content (AvgIpc) is 0.724. The van der Waals surface area contributed by atoms with E-state index in [-0.39, 0.29) is 35.1 Å². The van der Waals surface area contributed by atoms with Crippen molar-refractivity contribution in [2.24, 2.45) is 0 Å². The summed E-state index contributed by atoms with van der Waals surface area (Å²) < 4.78 is 12.7. The molecule has 6 nitrogen and oxygen atoms in total. The summed E-state index contributed by atoms with van der Waals surface area (Å²) in [7, 11) is 0. The van der Waals surface area contributed by atoms with Crippen LogP contribution in [0, 0.1) is 0 Å². The summed E-state index contributed by atoms with van der Waals surface area (Å²) in [5.41, 5.74) is 33.2. The number of benzene rings is 14. The summed E-state index contributed by atoms with van der Waals surface area (Å²) in [4.78, 5) is 7.88. The summed E-state index contributed by atoms with van der Waals surface area (Å²) in [6, 6.07) is 114. The van der Waals surface area contributed by atoms with Gasteiger partial charge in [-0.15, -0.1) is 0 Å². The lowest BCUT2D eigenvalue weighted by molar-refractivity contribution is 0.487. The fraction of sp³-hybridized carbons (Fsp3) is 0.160. The third-order valence-electron chi connectivity index (χ3n) is 23.7. The van der Waals surface area contributed by atoms with Gasteiger partial charge in [0.15, 0.2) is 0 Å². The van der Waals surface area contributed by atoms with Crippen molar-refractivity contribution in [1.82, 2.24) is 9.13 Å². The Morgan fingerprint density at radius 2 is 0.620 bits per heavy atom. The highest BCUT2D eigenvalue weighted by atomic mass is 16.5. The predicted octanol–water partition coefficient (Wildman–Crippen LogP) is 22.9. The van der Waals surface area contributed by atoms with Crippen LogP contribution in [0.15, 0.2) is 297 Å². The van der Waals surface area contributed by atoms with Crippen LogP contribution in [0.2, 0.25) is 0 Å². The molecule has 0 radical (unpaired) electrons. The van der Waals surface area contributed by atoms with Crippen molar-refractivity contribution in [3.05, 3.63) is 320 Å². The molecular weight excluding hydrogens is 1310 g/mol. The number of rotatable bonds is 7. The maximum Gasteiger partial charge on any atom is 0.256 e. The molecule has 14 aromatic carbocycles. The van der Waals surface area contributed by atoms with Gasteiger partial charge in [0.2, 0.25) is 0 Å². The van der Waals surface area contributed by atoms with Crippen LogP contribution in [-0.4, -0.2) is 22.6 Å². The van der Waals surface area contributed by atoms with Crippen LogP contribution in [0.5, 0.6) is 11.5 Å². The van der Waals surface area contributed by atoms with Gasteiger partial charge in [0, 0.05) is 84.2 Å². The summed E-state index contributed by atoms with van der Waals surface area (Å²) in [5, 5.41) is 4.91. The standard InChI is InChI=1S/C100H85B2N5O/c1-97(2,3)64-44-48-74-75-49-45-65(98(4,5)6)53-84(75)105(83(74)52-64)70-56-89-94-90(57-70)107(96-72(62-30-17-13-18-31-62)38-29-39-73(96)63-32-19-14-20-33-63)88-61-87-80(60-81(88)101(94)78-40-25-27-42-82(78)103(89)68-34-21-15-22-35-68)102-79-41-26-28-43-92(79)108-93-59-71(58-91(95(93)102)104(87)69-36-23-16-24-37-69)106-85-54-66(99(7,8)9)46-50-76(85)77-51-47-67(55-86(77)106)100(10,11)12/h13-61H,1-12H3. The van der Waals surface area contributed by atoms with Crippen LogP contribution in [0.25, 0.3) is 77.2 Å². The number of para-hydroxylation sites is 5. The number of nitrogens with zero attached hydrogens (tertiary/aromatic N) is 5. The summed E-state index contributed by atoms with van der Waals surface area (Å²) in [6.45, 7) is 27.5. The Hall–Kier alpha value is -12.0. The Labute approximate surface area is 634 Å². The molecule has 0 amide bonds. The number of hydrogen-bond acceptors (Lipinski definition) is 4. The number of fused-ring (bicyclic) bond motifs is 14. The minimum atomic E-state index is -0.242.